The number of nitrogens with one attached hydrogen (secondary N) is 1. The van der Waals surface area contributed by atoms with Gasteiger partial charge in [0.25, 0.3) is 0 Å². The van der Waals surface area contributed by atoms with Crippen molar-refractivity contribution in [2.45, 2.75) is 81.6 Å². The number of piperidine rings is 3. The van der Waals surface area contributed by atoms with Gasteiger partial charge in [0.05, 0.1) is 29.3 Å². The number of nitrogens with two attached hydrogens (primary N) is 1. The summed E-state index contributed by atoms with van der Waals surface area (Å²) >= 11 is 0. The maximum Gasteiger partial charge on any atom is 0.319 e. The SMILES string of the molecule is CN(C(=O)N1CCC(Oc2cc(F)cc(N3[C@@H]4CC[C@H]3CN(c3cc(-c5ccccc5O)nnc3N)C4)c2)CC1)C1CCN(c2cccc3c2OCCN3[C@@H]2CCC(=O)NC2=O)CC1. The Labute approximate surface area is 371 Å². The summed E-state index contributed by atoms with van der Waals surface area (Å²) in [5.41, 5.74) is 10.9. The van der Waals surface area contributed by atoms with Gasteiger partial charge in [0.2, 0.25) is 11.8 Å². The lowest BCUT2D eigenvalue weighted by Crippen LogP contribution is -2.54. The highest BCUT2D eigenvalue weighted by Crippen LogP contribution is 2.44. The predicted octanol–water partition coefficient (Wildman–Crippen LogP) is 5.00. The maximum absolute atomic E-state index is 15.3. The minimum Gasteiger partial charge on any atom is -0.507 e. The van der Waals surface area contributed by atoms with Crippen LogP contribution >= 0.6 is 0 Å². The number of aromatic hydroxyl groups is 1. The number of aromatic nitrogens is 2. The molecule has 4 aromatic rings. The second-order valence-electron chi connectivity index (χ2n) is 17.9. The van der Waals surface area contributed by atoms with Crippen molar-refractivity contribution in [3.63, 3.8) is 0 Å². The number of halogens is 1. The van der Waals surface area contributed by atoms with Gasteiger partial charge in [-0.15, -0.1) is 10.2 Å². The first-order chi connectivity index (χ1) is 31.1. The van der Waals surface area contributed by atoms with E-state index in [2.05, 4.69) is 41.2 Å². The normalized spacial score (nSPS) is 22.8. The number of hydrogen-bond acceptors (Lipinski definition) is 13. The van der Waals surface area contributed by atoms with Crippen molar-refractivity contribution in [1.82, 2.24) is 25.3 Å². The van der Waals surface area contributed by atoms with Gasteiger partial charge in [-0.25, -0.2) is 9.18 Å². The topological polar surface area (TPSA) is 173 Å². The number of piperazine rings is 1. The number of phenols is 1. The van der Waals surface area contributed by atoms with Gasteiger partial charge in [-0.1, -0.05) is 18.2 Å². The summed E-state index contributed by atoms with van der Waals surface area (Å²) in [4.78, 5) is 51.1. The number of para-hydroxylation sites is 2. The molecule has 2 bridgehead atoms. The highest BCUT2D eigenvalue weighted by molar-refractivity contribution is 6.02. The monoisotopic (exact) mass is 874 g/mol. The van der Waals surface area contributed by atoms with Crippen LogP contribution in [-0.2, 0) is 9.59 Å². The van der Waals surface area contributed by atoms with Crippen molar-refractivity contribution in [3.8, 4) is 28.5 Å². The molecular weight excluding hydrogens is 820 g/mol. The van der Waals surface area contributed by atoms with Crippen molar-refractivity contribution in [1.29, 1.82) is 0 Å². The number of nitrogens with zero attached hydrogens (tertiary/aromatic N) is 8. The van der Waals surface area contributed by atoms with Crippen LogP contribution in [0.15, 0.2) is 66.7 Å². The summed E-state index contributed by atoms with van der Waals surface area (Å²) in [7, 11) is 1.90. The van der Waals surface area contributed by atoms with Crippen LogP contribution in [0, 0.1) is 5.82 Å². The lowest BCUT2D eigenvalue weighted by Gasteiger charge is -2.43. The number of carbonyl (C=O) groups is 3. The Morgan fingerprint density at radius 3 is 2.36 bits per heavy atom. The molecule has 5 saturated heterocycles. The molecule has 0 saturated carbocycles. The molecule has 17 heteroatoms. The third-order valence-electron chi connectivity index (χ3n) is 14.1. The summed E-state index contributed by atoms with van der Waals surface area (Å²) in [6.07, 6.45) is 5.46. The molecule has 64 heavy (non-hydrogen) atoms. The summed E-state index contributed by atoms with van der Waals surface area (Å²) in [5, 5.41) is 21.4. The van der Waals surface area contributed by atoms with Gasteiger partial charge in [0.1, 0.15) is 36.1 Å². The molecule has 4 N–H and O–H groups in total. The molecule has 3 atom stereocenters. The Bertz CT molecular complexity index is 2410. The Morgan fingerprint density at radius 1 is 0.859 bits per heavy atom. The quantitative estimate of drug-likeness (QED) is 0.202. The van der Waals surface area contributed by atoms with Crippen LogP contribution in [0.5, 0.6) is 17.2 Å². The number of anilines is 5. The number of benzene rings is 3. The Kier molecular flexibility index (Phi) is 11.2. The molecule has 1 aromatic heterocycles. The molecule has 6 aliphatic rings. The number of ether oxygens (including phenoxy) is 2. The fourth-order valence-electron chi connectivity index (χ4n) is 10.8. The molecule has 16 nitrogen and oxygen atoms in total. The Balaban J connectivity index is 0.725. The molecule has 0 radical (unpaired) electrons. The first-order valence-electron chi connectivity index (χ1n) is 22.6. The molecule has 3 aromatic carbocycles. The van der Waals surface area contributed by atoms with Gasteiger partial charge in [-0.3, -0.25) is 14.9 Å². The number of rotatable bonds is 8. The second-order valence-corrected chi connectivity index (χ2v) is 17.9. The van der Waals surface area contributed by atoms with Crippen molar-refractivity contribution in [3.05, 3.63) is 72.5 Å². The smallest absolute Gasteiger partial charge is 0.319 e. The van der Waals surface area contributed by atoms with Gasteiger partial charge in [0.15, 0.2) is 11.6 Å². The van der Waals surface area contributed by atoms with E-state index in [-0.39, 0.29) is 53.6 Å². The van der Waals surface area contributed by atoms with Crippen molar-refractivity contribution in [2.24, 2.45) is 0 Å². The van der Waals surface area contributed by atoms with E-state index in [0.29, 0.717) is 87.8 Å². The fraction of sp³-hybridized carbons (Fsp3) is 0.468. The second kappa shape index (κ2) is 17.2. The number of phenolic OH excluding ortho intramolecular Hbond substituents is 1. The molecule has 0 spiro atoms. The van der Waals surface area contributed by atoms with E-state index < -0.39 is 6.04 Å². The molecule has 0 unspecified atom stereocenters. The third kappa shape index (κ3) is 8.00. The van der Waals surface area contributed by atoms with E-state index in [9.17, 15) is 19.5 Å². The van der Waals surface area contributed by atoms with E-state index in [1.807, 2.05) is 47.2 Å². The fourth-order valence-corrected chi connectivity index (χ4v) is 10.8. The minimum atomic E-state index is -0.410. The standard InChI is InChI=1S/C47H55FN10O6/c1-53(30-13-17-54(18-14-30)38-6-4-7-39-44(38)63-22-21-57(39)40-11-12-43(60)50-46(40)61)47(62)55-19-15-34(16-20-55)64-35-24-29(48)23-33(25-35)58-31-9-10-32(58)28-56(27-31)41-26-37(51-52-45(41)49)36-5-2-3-8-42(36)59/h2-8,23-26,30-32,34,40,59H,9-22,27-28H2,1H3,(H2,49,52)(H,50,60,61)/t31-,32+,40-/m1/s1. The average Bonchev–Trinajstić information content (AvgIpc) is 3.57. The van der Waals surface area contributed by atoms with Gasteiger partial charge in [0, 0.05) is 107 Å². The van der Waals surface area contributed by atoms with E-state index >= 15 is 4.39 Å². The van der Waals surface area contributed by atoms with E-state index in [1.54, 1.807) is 24.3 Å². The number of hydrogen-bond donors (Lipinski definition) is 3. The van der Waals surface area contributed by atoms with E-state index in [4.69, 9.17) is 15.2 Å². The number of fused-ring (bicyclic) bond motifs is 3. The summed E-state index contributed by atoms with van der Waals surface area (Å²) in [6.45, 7) is 4.98. The zero-order chi connectivity index (χ0) is 44.1. The lowest BCUT2D eigenvalue weighted by atomic mass is 10.0. The number of likely N-dealkylation sites (tertiary alicyclic amines) is 1. The van der Waals surface area contributed by atoms with Crippen LogP contribution in [0.2, 0.25) is 0 Å². The number of imide groups is 1. The first-order valence-corrected chi connectivity index (χ1v) is 22.6. The van der Waals surface area contributed by atoms with E-state index in [1.165, 1.54) is 6.07 Å². The van der Waals surface area contributed by atoms with Gasteiger partial charge >= 0.3 is 6.03 Å². The van der Waals surface area contributed by atoms with Gasteiger partial charge < -0.3 is 49.7 Å². The average molecular weight is 875 g/mol. The first kappa shape index (κ1) is 41.5. The van der Waals surface area contributed by atoms with Crippen LogP contribution in [0.1, 0.15) is 51.4 Å². The zero-order valence-corrected chi connectivity index (χ0v) is 36.1. The molecule has 336 valence electrons. The van der Waals surface area contributed by atoms with Crippen LogP contribution in [0.25, 0.3) is 11.3 Å². The highest BCUT2D eigenvalue weighted by atomic mass is 19.1. The summed E-state index contributed by atoms with van der Waals surface area (Å²) < 4.78 is 28.0. The molecular formula is C47H55FN10O6. The minimum absolute atomic E-state index is 0.0126. The van der Waals surface area contributed by atoms with Gasteiger partial charge in [-0.2, -0.15) is 0 Å². The molecule has 10 rings (SSSR count). The largest absolute Gasteiger partial charge is 0.507 e. The molecule has 5 fully saturated rings. The van der Waals surface area contributed by atoms with Crippen LogP contribution in [0.4, 0.5) is 37.8 Å². The molecule has 0 aliphatic carbocycles. The van der Waals surface area contributed by atoms with Crippen LogP contribution in [-0.4, -0.2) is 133 Å². The molecule has 4 amide bonds. The lowest BCUT2D eigenvalue weighted by molar-refractivity contribution is -0.134. The van der Waals surface area contributed by atoms with Gasteiger partial charge in [-0.05, 0) is 68.5 Å². The Morgan fingerprint density at radius 2 is 1.61 bits per heavy atom. The number of amides is 4. The number of carbonyl (C=O) groups excluding carboxylic acids is 3. The molecule has 6 aliphatic heterocycles. The highest BCUT2D eigenvalue weighted by Gasteiger charge is 2.42. The number of urea groups is 1. The zero-order valence-electron chi connectivity index (χ0n) is 36.1. The summed E-state index contributed by atoms with van der Waals surface area (Å²) in [6, 6.07) is 19.9. The Hall–Kier alpha value is -6.52. The van der Waals surface area contributed by atoms with Crippen molar-refractivity contribution in [2.75, 3.05) is 84.8 Å². The summed E-state index contributed by atoms with van der Waals surface area (Å²) in [5.74, 6) is 0.873. The van der Waals surface area contributed by atoms with E-state index in [0.717, 1.165) is 67.3 Å². The predicted molar refractivity (Wildman–Crippen MR) is 241 cm³/mol. The van der Waals surface area contributed by atoms with Crippen molar-refractivity contribution < 1.29 is 33.4 Å². The van der Waals surface area contributed by atoms with Crippen LogP contribution < -0.4 is 40.1 Å². The molecule has 7 heterocycles. The van der Waals surface area contributed by atoms with Crippen LogP contribution in [0.3, 0.4) is 0 Å². The van der Waals surface area contributed by atoms with Crippen molar-refractivity contribution >= 4 is 46.4 Å². The third-order valence-corrected chi connectivity index (χ3v) is 14.1. The number of nitrogen functional groups attached to an aromatic ring is 1. The maximum atomic E-state index is 15.3.